The van der Waals surface area contributed by atoms with E-state index in [4.69, 9.17) is 14.5 Å². The number of amides is 4. The van der Waals surface area contributed by atoms with Gasteiger partial charge in [0.2, 0.25) is 35.4 Å². The number of carbonyl (C=O) groups is 6. The molecular formula is C58H72FN11O9S. The highest BCUT2D eigenvalue weighted by Crippen LogP contribution is 2.37. The number of ketones is 2. The lowest BCUT2D eigenvalue weighted by atomic mass is 9.83. The molecule has 2 unspecified atom stereocenters. The number of hydrogen-bond acceptors (Lipinski definition) is 16. The highest BCUT2D eigenvalue weighted by atomic mass is 32.1. The number of piperazine rings is 1. The summed E-state index contributed by atoms with van der Waals surface area (Å²) in [6, 6.07) is 7.10. The summed E-state index contributed by atoms with van der Waals surface area (Å²) in [4.78, 5) is 120. The van der Waals surface area contributed by atoms with Gasteiger partial charge in [-0.1, -0.05) is 32.1 Å². The van der Waals surface area contributed by atoms with Crippen molar-refractivity contribution in [2.45, 2.75) is 128 Å². The number of likely N-dealkylation sites (N-methyl/N-ethyl adjacent to an activating group) is 1. The average Bonchev–Trinajstić information content (AvgIpc) is 4.34. The Morgan fingerprint density at radius 3 is 2.20 bits per heavy atom. The van der Waals surface area contributed by atoms with Crippen molar-refractivity contribution in [1.82, 2.24) is 44.5 Å². The molecule has 4 fully saturated rings. The Hall–Kier alpha value is -7.04. The maximum atomic E-state index is 14.5. The third-order valence-corrected chi connectivity index (χ3v) is 17.2. The molecule has 4 amide bonds. The third kappa shape index (κ3) is 13.4. The molecule has 5 aromatic rings. The molecule has 0 spiro atoms. The largest absolute Gasteiger partial charge is 0.379 e. The van der Waals surface area contributed by atoms with Gasteiger partial charge in [-0.15, -0.1) is 11.3 Å². The number of rotatable bonds is 22. The molecule has 3 atom stereocenters. The van der Waals surface area contributed by atoms with E-state index in [1.165, 1.54) is 47.4 Å². The van der Waals surface area contributed by atoms with Gasteiger partial charge in [0.1, 0.15) is 40.1 Å². The van der Waals surface area contributed by atoms with Crippen LogP contribution in [0.5, 0.6) is 0 Å². The van der Waals surface area contributed by atoms with Crippen LogP contribution in [0.1, 0.15) is 146 Å². The van der Waals surface area contributed by atoms with Gasteiger partial charge in [0, 0.05) is 68.3 Å². The molecule has 2 aliphatic carbocycles. The molecule has 0 radical (unpaired) electrons. The van der Waals surface area contributed by atoms with E-state index in [1.54, 1.807) is 48.1 Å². The van der Waals surface area contributed by atoms with E-state index in [2.05, 4.69) is 30.5 Å². The normalized spacial score (nSPS) is 17.9. The van der Waals surface area contributed by atoms with Crippen molar-refractivity contribution in [3.63, 3.8) is 0 Å². The van der Waals surface area contributed by atoms with Gasteiger partial charge >= 0.3 is 0 Å². The van der Waals surface area contributed by atoms with Crippen molar-refractivity contribution in [3.8, 4) is 0 Å². The number of benzene rings is 1. The van der Waals surface area contributed by atoms with Crippen LogP contribution in [-0.2, 0) is 28.7 Å². The van der Waals surface area contributed by atoms with Crippen molar-refractivity contribution in [2.24, 2.45) is 5.92 Å². The summed E-state index contributed by atoms with van der Waals surface area (Å²) in [6.45, 7) is 8.47. The predicted octanol–water partition coefficient (Wildman–Crippen LogP) is 7.12. The van der Waals surface area contributed by atoms with Gasteiger partial charge < -0.3 is 39.7 Å². The third-order valence-electron chi connectivity index (χ3n) is 16.2. The van der Waals surface area contributed by atoms with Gasteiger partial charge in [0.05, 0.1) is 62.8 Å². The second-order valence-corrected chi connectivity index (χ2v) is 22.3. The number of hydrogen-bond donors (Lipinski definition) is 2. The number of halogens is 1. The van der Waals surface area contributed by atoms with Gasteiger partial charge in [0.25, 0.3) is 5.56 Å². The van der Waals surface area contributed by atoms with Gasteiger partial charge in [-0.3, -0.25) is 38.1 Å². The molecule has 1 aromatic carbocycles. The van der Waals surface area contributed by atoms with Gasteiger partial charge in [-0.05, 0) is 107 Å². The van der Waals surface area contributed by atoms with Crippen molar-refractivity contribution >= 4 is 75.0 Å². The molecule has 2 aliphatic heterocycles. The Morgan fingerprint density at radius 1 is 0.812 bits per heavy atom. The van der Waals surface area contributed by atoms with Crippen molar-refractivity contribution in [3.05, 3.63) is 97.7 Å². The summed E-state index contributed by atoms with van der Waals surface area (Å²) in [5.74, 6) is -1.17. The predicted molar refractivity (Wildman–Crippen MR) is 300 cm³/mol. The zero-order valence-electron chi connectivity index (χ0n) is 46.1. The Kier molecular flexibility index (Phi) is 19.1. The van der Waals surface area contributed by atoms with Crippen LogP contribution < -0.4 is 21.1 Å². The molecule has 22 heteroatoms. The average molecular weight is 1120 g/mol. The molecule has 4 aromatic heterocycles. The number of fused-ring (bicyclic) bond motifs is 1. The zero-order chi connectivity index (χ0) is 56.5. The first kappa shape index (κ1) is 57.6. The van der Waals surface area contributed by atoms with Crippen LogP contribution in [0.25, 0.3) is 11.0 Å². The highest BCUT2D eigenvalue weighted by molar-refractivity contribution is 7.10. The smallest absolute Gasteiger partial charge is 0.263 e. The van der Waals surface area contributed by atoms with Crippen LogP contribution in [0.3, 0.4) is 0 Å². The standard InChI is InChI=1S/C58H72FN11O9S/c1-36-44-34-61-58(65-53(44)70(42-13-8-9-14-42)56(76)50(36)38(3)71)63-47-21-20-43(33-60-47)67-25-27-68(28-26-67)49(73)23-30-79-32-31-78-29-22-48(72)66(4)37(2)54(75)64-51(39-11-6-5-7-12-39)57(77)69-24-10-15-46(69)55-62-45(35-80-55)52(74)40-16-18-41(59)19-17-40/h16-21,33-35,37,39,42,46,51H,5-15,22-32H2,1-4H3,(H,64,75)(H,60,61,63,65)/t37?,46?,51-/m0/s1. The number of nitrogens with zero attached hydrogens (tertiary/aromatic N) is 9. The minimum atomic E-state index is -0.856. The first-order valence-corrected chi connectivity index (χ1v) is 29.0. The SMILES string of the molecule is CC(=O)c1c(C)c2cnc(Nc3ccc(N4CCN(C(=O)CCOCCOCCC(=O)N(C)C(C)C(=O)N[C@H](C(=O)N5CCCC5c5nc(C(=O)c6ccc(F)cc6)cs5)C5CCCCC5)CC4)cn3)nc2n(C2CCCC2)c1=O. The van der Waals surface area contributed by atoms with E-state index < -0.39 is 23.8 Å². The molecular weight excluding hydrogens is 1050 g/mol. The topological polar surface area (TPSA) is 231 Å². The summed E-state index contributed by atoms with van der Waals surface area (Å²) in [5.41, 5.74) is 2.45. The minimum absolute atomic E-state index is 0.00466. The first-order valence-electron chi connectivity index (χ1n) is 28.1. The maximum absolute atomic E-state index is 14.5. The molecule has 0 bridgehead atoms. The fourth-order valence-electron chi connectivity index (χ4n) is 11.5. The number of likely N-dealkylation sites (tertiary alicyclic amines) is 1. The number of aromatic nitrogens is 5. The van der Waals surface area contributed by atoms with Gasteiger partial charge in [-0.2, -0.15) is 4.98 Å². The lowest BCUT2D eigenvalue weighted by Gasteiger charge is -2.36. The van der Waals surface area contributed by atoms with E-state index in [9.17, 15) is 38.0 Å². The Bertz CT molecular complexity index is 3100. The number of pyridine rings is 2. The fourth-order valence-corrected chi connectivity index (χ4v) is 12.5. The Labute approximate surface area is 468 Å². The number of thiazole rings is 1. The van der Waals surface area contributed by atoms with E-state index in [-0.39, 0.29) is 103 Å². The van der Waals surface area contributed by atoms with Crippen LogP contribution in [-0.4, -0.2) is 153 Å². The van der Waals surface area contributed by atoms with E-state index in [0.29, 0.717) is 78.1 Å². The summed E-state index contributed by atoms with van der Waals surface area (Å²) in [5, 5.41) is 9.21. The fraction of sp³-hybridized carbons (Fsp3) is 0.534. The number of ether oxygens (including phenoxy) is 2. The summed E-state index contributed by atoms with van der Waals surface area (Å²) >= 11 is 1.31. The lowest BCUT2D eigenvalue weighted by molar-refractivity contribution is -0.143. The zero-order valence-corrected chi connectivity index (χ0v) is 46.9. The molecule has 2 saturated heterocycles. The Balaban J connectivity index is 0.669. The van der Waals surface area contributed by atoms with Crippen molar-refractivity contribution in [2.75, 3.05) is 76.4 Å². The second kappa shape index (κ2) is 26.5. The number of aryl methyl sites for hydroxylation is 1. The van der Waals surface area contributed by atoms with Crippen LogP contribution in [0.15, 0.2) is 59.0 Å². The maximum Gasteiger partial charge on any atom is 0.263 e. The Morgan fingerprint density at radius 2 is 1.51 bits per heavy atom. The first-order chi connectivity index (χ1) is 38.7. The molecule has 6 heterocycles. The molecule has 2 saturated carbocycles. The van der Waals surface area contributed by atoms with Crippen LogP contribution >= 0.6 is 11.3 Å². The van der Waals surface area contributed by atoms with Gasteiger partial charge in [-0.25, -0.2) is 19.3 Å². The van der Waals surface area contributed by atoms with E-state index in [1.807, 2.05) is 17.0 Å². The number of Topliss-reactive ketones (excluding diaryl/α,β-unsaturated/α-hetero) is 1. The summed E-state index contributed by atoms with van der Waals surface area (Å²) in [6.07, 6.45) is 13.4. The van der Waals surface area contributed by atoms with Crippen LogP contribution in [0, 0.1) is 18.7 Å². The van der Waals surface area contributed by atoms with Crippen molar-refractivity contribution in [1.29, 1.82) is 0 Å². The molecule has 4 aliphatic rings. The number of carbonyl (C=O) groups excluding carboxylic acids is 6. The number of nitrogens with one attached hydrogen (secondary N) is 2. The van der Waals surface area contributed by atoms with Crippen molar-refractivity contribution < 1.29 is 42.6 Å². The monoisotopic (exact) mass is 1120 g/mol. The summed E-state index contributed by atoms with van der Waals surface area (Å²) in [7, 11) is 1.57. The van der Waals surface area contributed by atoms with Gasteiger partial charge in [0.15, 0.2) is 5.78 Å². The molecule has 20 nitrogen and oxygen atoms in total. The summed E-state index contributed by atoms with van der Waals surface area (Å²) < 4.78 is 26.6. The molecule has 80 heavy (non-hydrogen) atoms. The van der Waals surface area contributed by atoms with E-state index in [0.717, 1.165) is 69.9 Å². The van der Waals surface area contributed by atoms with E-state index >= 15 is 0 Å². The molecule has 9 rings (SSSR count). The van der Waals surface area contributed by atoms with Crippen LogP contribution in [0.4, 0.5) is 21.8 Å². The minimum Gasteiger partial charge on any atom is -0.379 e. The lowest BCUT2D eigenvalue weighted by Crippen LogP contribution is -2.56. The number of anilines is 3. The molecule has 426 valence electrons. The highest BCUT2D eigenvalue weighted by Gasteiger charge is 2.41. The second-order valence-electron chi connectivity index (χ2n) is 21.4. The molecule has 2 N–H and O–H groups in total. The van der Waals surface area contributed by atoms with Crippen LogP contribution in [0.2, 0.25) is 0 Å². The quantitative estimate of drug-likeness (QED) is 0.0519.